The van der Waals surface area contributed by atoms with E-state index in [9.17, 15) is 10.1 Å². The molecule has 0 bridgehead atoms. The molecule has 3 aromatic rings. The summed E-state index contributed by atoms with van der Waals surface area (Å²) in [6.07, 6.45) is 3.41. The first kappa shape index (κ1) is 18.2. The SMILES string of the molecule is C[C@@H]1CN(c2cc(=O)n(C)c3ccc(C#N)nc23)[C@@H](C)CN1Cc1cnoc1. The fraction of sp³-hybridized carbons (Fsp3) is 0.400. The van der Waals surface area contributed by atoms with Crippen LogP contribution < -0.4 is 10.5 Å². The van der Waals surface area contributed by atoms with Crippen LogP contribution in [0.15, 0.2) is 40.0 Å². The molecule has 0 unspecified atom stereocenters. The molecule has 8 nitrogen and oxygen atoms in total. The largest absolute Gasteiger partial charge is 0.364 e. The quantitative estimate of drug-likeness (QED) is 0.687. The van der Waals surface area contributed by atoms with Gasteiger partial charge in [-0.3, -0.25) is 9.69 Å². The maximum Gasteiger partial charge on any atom is 0.252 e. The first-order chi connectivity index (χ1) is 13.5. The van der Waals surface area contributed by atoms with Crippen LogP contribution in [0.4, 0.5) is 5.69 Å². The summed E-state index contributed by atoms with van der Waals surface area (Å²) in [5.74, 6) is 0. The smallest absolute Gasteiger partial charge is 0.252 e. The molecular formula is C20H22N6O2. The molecule has 0 saturated carbocycles. The molecule has 0 radical (unpaired) electrons. The summed E-state index contributed by atoms with van der Waals surface area (Å²) in [6, 6.07) is 7.62. The molecule has 1 aliphatic heterocycles. The van der Waals surface area contributed by atoms with E-state index in [1.807, 2.05) is 0 Å². The highest BCUT2D eigenvalue weighted by Crippen LogP contribution is 2.29. The van der Waals surface area contributed by atoms with Gasteiger partial charge in [0.15, 0.2) is 0 Å². The number of aromatic nitrogens is 3. The minimum absolute atomic E-state index is 0.0826. The van der Waals surface area contributed by atoms with Crippen molar-refractivity contribution in [1.82, 2.24) is 19.6 Å². The van der Waals surface area contributed by atoms with Crippen molar-refractivity contribution in [2.75, 3.05) is 18.0 Å². The lowest BCUT2D eigenvalue weighted by Gasteiger charge is -2.45. The Morgan fingerprint density at radius 1 is 1.29 bits per heavy atom. The molecule has 0 amide bonds. The van der Waals surface area contributed by atoms with Gasteiger partial charge in [-0.2, -0.15) is 5.26 Å². The van der Waals surface area contributed by atoms with Gasteiger partial charge in [-0.05, 0) is 26.0 Å². The predicted molar refractivity (Wildman–Crippen MR) is 105 cm³/mol. The summed E-state index contributed by atoms with van der Waals surface area (Å²) >= 11 is 0. The number of nitrogens with zero attached hydrogens (tertiary/aromatic N) is 6. The summed E-state index contributed by atoms with van der Waals surface area (Å²) in [5, 5.41) is 13.0. The number of anilines is 1. The average molecular weight is 378 g/mol. The number of hydrogen-bond acceptors (Lipinski definition) is 7. The lowest BCUT2D eigenvalue weighted by atomic mass is 10.1. The highest BCUT2D eigenvalue weighted by molar-refractivity contribution is 5.89. The minimum atomic E-state index is -0.0826. The maximum absolute atomic E-state index is 12.5. The third kappa shape index (κ3) is 3.14. The van der Waals surface area contributed by atoms with Crippen LogP contribution in [0.25, 0.3) is 11.0 Å². The fourth-order valence-corrected chi connectivity index (χ4v) is 3.89. The lowest BCUT2D eigenvalue weighted by molar-refractivity contribution is 0.158. The highest BCUT2D eigenvalue weighted by Gasteiger charge is 2.31. The van der Waals surface area contributed by atoms with Gasteiger partial charge in [-0.15, -0.1) is 0 Å². The molecule has 4 rings (SSSR count). The van der Waals surface area contributed by atoms with Crippen LogP contribution in [0.3, 0.4) is 0 Å². The van der Waals surface area contributed by atoms with Crippen molar-refractivity contribution in [3.63, 3.8) is 0 Å². The third-order valence-corrected chi connectivity index (χ3v) is 5.48. The van der Waals surface area contributed by atoms with Crippen LogP contribution in [0.2, 0.25) is 0 Å². The molecule has 0 N–H and O–H groups in total. The number of nitriles is 1. The molecule has 0 aromatic carbocycles. The summed E-state index contributed by atoms with van der Waals surface area (Å²) in [5.41, 5.74) is 3.52. The van der Waals surface area contributed by atoms with Gasteiger partial charge in [0.05, 0.1) is 17.4 Å². The minimum Gasteiger partial charge on any atom is -0.364 e. The van der Waals surface area contributed by atoms with E-state index < -0.39 is 0 Å². The molecule has 4 heterocycles. The van der Waals surface area contributed by atoms with Gasteiger partial charge < -0.3 is 14.0 Å². The molecule has 1 aliphatic rings. The van der Waals surface area contributed by atoms with Crippen LogP contribution in [-0.2, 0) is 13.6 Å². The Hall–Kier alpha value is -3.18. The van der Waals surface area contributed by atoms with Crippen LogP contribution >= 0.6 is 0 Å². The molecule has 8 heteroatoms. The van der Waals surface area contributed by atoms with E-state index in [1.54, 1.807) is 42.3 Å². The summed E-state index contributed by atoms with van der Waals surface area (Å²) in [4.78, 5) is 21.7. The predicted octanol–water partition coefficient (Wildman–Crippen LogP) is 1.89. The topological polar surface area (TPSA) is 91.2 Å². The molecule has 0 spiro atoms. The van der Waals surface area contributed by atoms with Gasteiger partial charge in [0.25, 0.3) is 5.56 Å². The van der Waals surface area contributed by atoms with Gasteiger partial charge in [0.2, 0.25) is 0 Å². The molecule has 2 atom stereocenters. The second-order valence-corrected chi connectivity index (χ2v) is 7.42. The second-order valence-electron chi connectivity index (χ2n) is 7.42. The Labute approximate surface area is 162 Å². The zero-order valence-electron chi connectivity index (χ0n) is 16.2. The third-order valence-electron chi connectivity index (χ3n) is 5.48. The van der Waals surface area contributed by atoms with E-state index >= 15 is 0 Å². The monoisotopic (exact) mass is 378 g/mol. The number of piperazine rings is 1. The van der Waals surface area contributed by atoms with E-state index in [2.05, 4.69) is 39.9 Å². The Kier molecular flexibility index (Phi) is 4.61. The fourth-order valence-electron chi connectivity index (χ4n) is 3.89. The van der Waals surface area contributed by atoms with Crippen molar-refractivity contribution in [1.29, 1.82) is 5.26 Å². The highest BCUT2D eigenvalue weighted by atomic mass is 16.5. The summed E-state index contributed by atoms with van der Waals surface area (Å²) in [6.45, 7) is 6.68. The normalized spacial score (nSPS) is 20.4. The Balaban J connectivity index is 1.71. The Morgan fingerprint density at radius 2 is 2.11 bits per heavy atom. The molecule has 144 valence electrons. The molecular weight excluding hydrogens is 356 g/mol. The number of rotatable bonds is 3. The second kappa shape index (κ2) is 7.09. The van der Waals surface area contributed by atoms with E-state index in [0.717, 1.165) is 36.4 Å². The van der Waals surface area contributed by atoms with Crippen LogP contribution in [0.1, 0.15) is 25.1 Å². The van der Waals surface area contributed by atoms with Gasteiger partial charge in [-0.25, -0.2) is 4.98 Å². The average Bonchev–Trinajstić information content (AvgIpc) is 3.20. The van der Waals surface area contributed by atoms with Crippen molar-refractivity contribution in [2.24, 2.45) is 7.05 Å². The lowest BCUT2D eigenvalue weighted by Crippen LogP contribution is -2.56. The van der Waals surface area contributed by atoms with Gasteiger partial charge >= 0.3 is 0 Å². The summed E-state index contributed by atoms with van der Waals surface area (Å²) < 4.78 is 6.52. The zero-order valence-corrected chi connectivity index (χ0v) is 16.2. The first-order valence-electron chi connectivity index (χ1n) is 9.27. The van der Waals surface area contributed by atoms with E-state index in [4.69, 9.17) is 4.52 Å². The molecule has 3 aromatic heterocycles. The molecule has 1 saturated heterocycles. The van der Waals surface area contributed by atoms with Crippen molar-refractivity contribution < 1.29 is 4.52 Å². The number of hydrogen-bond donors (Lipinski definition) is 0. The Bertz CT molecular complexity index is 1100. The van der Waals surface area contributed by atoms with Gasteiger partial charge in [0.1, 0.15) is 23.5 Å². The standard InChI is InChI=1S/C20H22N6O2/c1-13-10-26(14(2)9-25(13)11-15-8-22-28-12-15)18-6-19(27)24(3)17-5-4-16(7-21)23-20(17)18/h4-6,8,12-14H,9-11H2,1-3H3/t13-,14+/m1/s1. The molecule has 0 aliphatic carbocycles. The number of pyridine rings is 2. The molecule has 28 heavy (non-hydrogen) atoms. The van der Waals surface area contributed by atoms with Gasteiger partial charge in [-0.1, -0.05) is 5.16 Å². The van der Waals surface area contributed by atoms with Crippen molar-refractivity contribution in [2.45, 2.75) is 32.5 Å². The molecule has 1 fully saturated rings. The van der Waals surface area contributed by atoms with Crippen LogP contribution in [0, 0.1) is 11.3 Å². The van der Waals surface area contributed by atoms with Crippen molar-refractivity contribution in [3.05, 3.63) is 52.3 Å². The van der Waals surface area contributed by atoms with Crippen LogP contribution in [-0.4, -0.2) is 44.8 Å². The van der Waals surface area contributed by atoms with Crippen LogP contribution in [0.5, 0.6) is 0 Å². The Morgan fingerprint density at radius 3 is 2.82 bits per heavy atom. The summed E-state index contributed by atoms with van der Waals surface area (Å²) in [7, 11) is 1.73. The number of fused-ring (bicyclic) bond motifs is 1. The maximum atomic E-state index is 12.5. The first-order valence-corrected chi connectivity index (χ1v) is 9.27. The van der Waals surface area contributed by atoms with E-state index in [0.29, 0.717) is 11.2 Å². The zero-order chi connectivity index (χ0) is 19.8. The van der Waals surface area contributed by atoms with E-state index in [1.165, 1.54) is 0 Å². The van der Waals surface area contributed by atoms with Crippen molar-refractivity contribution in [3.8, 4) is 6.07 Å². The number of aryl methyl sites for hydroxylation is 1. The van der Waals surface area contributed by atoms with Crippen molar-refractivity contribution >= 4 is 16.7 Å². The van der Waals surface area contributed by atoms with E-state index in [-0.39, 0.29) is 17.6 Å². The van der Waals surface area contributed by atoms with Gasteiger partial charge in [0, 0.05) is 50.4 Å².